The highest BCUT2D eigenvalue weighted by Gasteiger charge is 1.95. The van der Waals surface area contributed by atoms with Crippen molar-refractivity contribution in [1.29, 1.82) is 0 Å². The fourth-order valence-electron chi connectivity index (χ4n) is 1.69. The molecule has 0 saturated heterocycles. The summed E-state index contributed by atoms with van der Waals surface area (Å²) in [4.78, 5) is 0. The molecule has 0 aliphatic rings. The van der Waals surface area contributed by atoms with Crippen molar-refractivity contribution in [2.24, 2.45) is 0 Å². The van der Waals surface area contributed by atoms with Crippen LogP contribution in [-0.4, -0.2) is 13.2 Å². The van der Waals surface area contributed by atoms with Crippen LogP contribution in [-0.2, 0) is 4.74 Å². The molecule has 94 valence electrons. The first-order chi connectivity index (χ1) is 7.81. The van der Waals surface area contributed by atoms with E-state index in [1.807, 2.05) is 0 Å². The van der Waals surface area contributed by atoms with Gasteiger partial charge in [0.1, 0.15) is 0 Å². The molecule has 0 radical (unpaired) electrons. The molecular formula is C15H28O. The van der Waals surface area contributed by atoms with Crippen LogP contribution < -0.4 is 0 Å². The molecule has 0 bridgehead atoms. The highest BCUT2D eigenvalue weighted by molar-refractivity contribution is 4.94. The lowest BCUT2D eigenvalue weighted by Gasteiger charge is -2.05. The molecule has 0 aliphatic carbocycles. The molecule has 0 aliphatic heterocycles. The first kappa shape index (κ1) is 15.4. The van der Waals surface area contributed by atoms with Crippen molar-refractivity contribution in [1.82, 2.24) is 0 Å². The van der Waals surface area contributed by atoms with E-state index in [1.165, 1.54) is 50.5 Å². The number of hydrogen-bond acceptors (Lipinski definition) is 1. The number of unbranched alkanes of at least 4 members (excludes halogenated alkanes) is 6. The summed E-state index contributed by atoms with van der Waals surface area (Å²) in [7, 11) is 0. The Labute approximate surface area is 102 Å². The van der Waals surface area contributed by atoms with Crippen molar-refractivity contribution in [3.8, 4) is 0 Å². The van der Waals surface area contributed by atoms with Gasteiger partial charge in [0.15, 0.2) is 0 Å². The van der Waals surface area contributed by atoms with Crippen molar-refractivity contribution in [3.63, 3.8) is 0 Å². The maximum Gasteiger partial charge on any atom is 0.0678 e. The van der Waals surface area contributed by atoms with Gasteiger partial charge in [-0.2, -0.15) is 0 Å². The molecule has 0 unspecified atom stereocenters. The minimum Gasteiger partial charge on any atom is -0.373 e. The first-order valence-electron chi connectivity index (χ1n) is 6.66. The minimum absolute atomic E-state index is 0.635. The van der Waals surface area contributed by atoms with E-state index in [4.69, 9.17) is 4.74 Å². The normalized spacial score (nSPS) is 10.3. The van der Waals surface area contributed by atoms with Crippen molar-refractivity contribution in [2.75, 3.05) is 13.2 Å². The van der Waals surface area contributed by atoms with Crippen LogP contribution in [0.5, 0.6) is 0 Å². The van der Waals surface area contributed by atoms with Gasteiger partial charge >= 0.3 is 0 Å². The molecule has 0 aromatic heterocycles. The topological polar surface area (TPSA) is 9.23 Å². The van der Waals surface area contributed by atoms with Crippen LogP contribution in [0.2, 0.25) is 0 Å². The molecule has 16 heavy (non-hydrogen) atoms. The van der Waals surface area contributed by atoms with Crippen molar-refractivity contribution in [3.05, 3.63) is 24.8 Å². The fraction of sp³-hybridized carbons (Fsp3) is 0.733. The summed E-state index contributed by atoms with van der Waals surface area (Å²) in [6.07, 6.45) is 12.4. The lowest BCUT2D eigenvalue weighted by Crippen LogP contribution is -1.97. The third kappa shape index (κ3) is 11.5. The van der Waals surface area contributed by atoms with Crippen LogP contribution >= 0.6 is 0 Å². The molecule has 0 fully saturated rings. The molecule has 0 N–H and O–H groups in total. The second kappa shape index (κ2) is 12.5. The highest BCUT2D eigenvalue weighted by atomic mass is 16.5. The van der Waals surface area contributed by atoms with E-state index in [1.54, 1.807) is 6.08 Å². The molecule has 0 aromatic carbocycles. The minimum atomic E-state index is 0.635. The lowest BCUT2D eigenvalue weighted by molar-refractivity contribution is 0.184. The monoisotopic (exact) mass is 224 g/mol. The predicted octanol–water partition coefficient (Wildman–Crippen LogP) is 4.89. The van der Waals surface area contributed by atoms with Gasteiger partial charge in [0.25, 0.3) is 0 Å². The van der Waals surface area contributed by atoms with Crippen molar-refractivity contribution in [2.45, 2.75) is 58.3 Å². The maximum absolute atomic E-state index is 5.34. The van der Waals surface area contributed by atoms with E-state index in [0.717, 1.165) is 6.42 Å². The summed E-state index contributed by atoms with van der Waals surface area (Å²) in [6.45, 7) is 11.2. The fourth-order valence-corrected chi connectivity index (χ4v) is 1.69. The van der Waals surface area contributed by atoms with Gasteiger partial charge in [-0.05, 0) is 12.8 Å². The van der Waals surface area contributed by atoms with Crippen LogP contribution in [0.3, 0.4) is 0 Å². The summed E-state index contributed by atoms with van der Waals surface area (Å²) in [5.41, 5.74) is 1.22. The molecule has 1 heteroatoms. The third-order valence-corrected chi connectivity index (χ3v) is 2.68. The van der Waals surface area contributed by atoms with Gasteiger partial charge < -0.3 is 4.74 Å². The van der Waals surface area contributed by atoms with Crippen LogP contribution in [0.15, 0.2) is 24.8 Å². The van der Waals surface area contributed by atoms with Gasteiger partial charge in [-0.25, -0.2) is 0 Å². The van der Waals surface area contributed by atoms with E-state index < -0.39 is 0 Å². The summed E-state index contributed by atoms with van der Waals surface area (Å²) in [6, 6.07) is 0. The highest BCUT2D eigenvalue weighted by Crippen LogP contribution is 2.11. The van der Waals surface area contributed by atoms with Crippen LogP contribution in [0.1, 0.15) is 58.3 Å². The average Bonchev–Trinajstić information content (AvgIpc) is 2.28. The number of rotatable bonds is 12. The average molecular weight is 224 g/mol. The van der Waals surface area contributed by atoms with Crippen molar-refractivity contribution >= 4 is 0 Å². The molecular weight excluding hydrogens is 196 g/mol. The summed E-state index contributed by atoms with van der Waals surface area (Å²) in [5.74, 6) is 0. The van der Waals surface area contributed by atoms with Gasteiger partial charge in [-0.3, -0.25) is 0 Å². The predicted molar refractivity (Wildman–Crippen MR) is 72.8 cm³/mol. The SMILES string of the molecule is C=CCOCC(=C)CCCCCCCCC. The molecule has 1 nitrogen and oxygen atoms in total. The molecule has 0 saturated carbocycles. The third-order valence-electron chi connectivity index (χ3n) is 2.68. The van der Waals surface area contributed by atoms with E-state index in [-0.39, 0.29) is 0 Å². The smallest absolute Gasteiger partial charge is 0.0678 e. The van der Waals surface area contributed by atoms with Gasteiger partial charge in [-0.1, -0.05) is 63.7 Å². The van der Waals surface area contributed by atoms with E-state index in [0.29, 0.717) is 13.2 Å². The van der Waals surface area contributed by atoms with Crippen molar-refractivity contribution < 1.29 is 4.74 Å². The standard InChI is InChI=1S/C15H28O/c1-4-6-7-8-9-10-11-12-15(3)14-16-13-5-2/h5H,2-4,6-14H2,1H3. The Morgan fingerprint density at radius 2 is 1.69 bits per heavy atom. The Hall–Kier alpha value is -0.560. The molecule has 0 aromatic rings. The lowest BCUT2D eigenvalue weighted by atomic mass is 10.1. The second-order valence-corrected chi connectivity index (χ2v) is 4.43. The molecule has 0 amide bonds. The van der Waals surface area contributed by atoms with Gasteiger partial charge in [-0.15, -0.1) is 6.58 Å². The Morgan fingerprint density at radius 1 is 1.06 bits per heavy atom. The Balaban J connectivity index is 3.12. The molecule has 0 atom stereocenters. The van der Waals surface area contributed by atoms with E-state index >= 15 is 0 Å². The summed E-state index contributed by atoms with van der Waals surface area (Å²) >= 11 is 0. The van der Waals surface area contributed by atoms with Crippen LogP contribution in [0, 0.1) is 0 Å². The Kier molecular flexibility index (Phi) is 12.1. The zero-order valence-electron chi connectivity index (χ0n) is 11.0. The van der Waals surface area contributed by atoms with Gasteiger partial charge in [0.2, 0.25) is 0 Å². The van der Waals surface area contributed by atoms with Crippen LogP contribution in [0.4, 0.5) is 0 Å². The summed E-state index contributed by atoms with van der Waals surface area (Å²) in [5, 5.41) is 0. The van der Waals surface area contributed by atoms with Crippen LogP contribution in [0.25, 0.3) is 0 Å². The molecule has 0 rings (SSSR count). The van der Waals surface area contributed by atoms with Gasteiger partial charge in [0, 0.05) is 0 Å². The van der Waals surface area contributed by atoms with Gasteiger partial charge in [0.05, 0.1) is 13.2 Å². The number of ether oxygens (including phenoxy) is 1. The first-order valence-corrected chi connectivity index (χ1v) is 6.66. The summed E-state index contributed by atoms with van der Waals surface area (Å²) < 4.78 is 5.34. The zero-order valence-corrected chi connectivity index (χ0v) is 11.0. The quantitative estimate of drug-likeness (QED) is 0.339. The van der Waals surface area contributed by atoms with E-state index in [9.17, 15) is 0 Å². The second-order valence-electron chi connectivity index (χ2n) is 4.43. The largest absolute Gasteiger partial charge is 0.373 e. The Morgan fingerprint density at radius 3 is 2.31 bits per heavy atom. The Bertz CT molecular complexity index is 172. The molecule has 0 heterocycles. The molecule has 0 spiro atoms. The zero-order chi connectivity index (χ0) is 12.1. The van der Waals surface area contributed by atoms with E-state index in [2.05, 4.69) is 20.1 Å². The number of hydrogen-bond donors (Lipinski definition) is 0. The maximum atomic E-state index is 5.34.